The number of ether oxygens (including phenoxy) is 2. The second kappa shape index (κ2) is 7.04. The molecule has 2 aromatic carbocycles. The van der Waals surface area contributed by atoms with Crippen molar-refractivity contribution in [2.24, 2.45) is 0 Å². The lowest BCUT2D eigenvalue weighted by atomic mass is 10.2. The van der Waals surface area contributed by atoms with Crippen molar-refractivity contribution in [2.45, 2.75) is 6.61 Å². The highest BCUT2D eigenvalue weighted by molar-refractivity contribution is 9.10. The predicted octanol–water partition coefficient (Wildman–Crippen LogP) is 3.72. The summed E-state index contributed by atoms with van der Waals surface area (Å²) in [7, 11) is 1.33. The van der Waals surface area contributed by atoms with Crippen LogP contribution in [-0.2, 0) is 11.3 Å². The Morgan fingerprint density at radius 2 is 1.91 bits per heavy atom. The first-order valence-corrected chi connectivity index (χ1v) is 7.04. The van der Waals surface area contributed by atoms with E-state index in [9.17, 15) is 14.9 Å². The van der Waals surface area contributed by atoms with Gasteiger partial charge in [0.1, 0.15) is 6.61 Å². The first kappa shape index (κ1) is 16.0. The Hall–Kier alpha value is -2.41. The molecular weight excluding hydrogens is 354 g/mol. The Morgan fingerprint density at radius 3 is 2.50 bits per heavy atom. The zero-order valence-corrected chi connectivity index (χ0v) is 13.2. The molecule has 2 aromatic rings. The van der Waals surface area contributed by atoms with Gasteiger partial charge in [-0.15, -0.1) is 0 Å². The highest BCUT2D eigenvalue weighted by Gasteiger charge is 2.18. The smallest absolute Gasteiger partial charge is 0.338 e. The van der Waals surface area contributed by atoms with Gasteiger partial charge in [-0.05, 0) is 29.8 Å². The van der Waals surface area contributed by atoms with Gasteiger partial charge in [-0.25, -0.2) is 4.79 Å². The van der Waals surface area contributed by atoms with E-state index in [-0.39, 0.29) is 23.6 Å². The van der Waals surface area contributed by atoms with Crippen molar-refractivity contribution in [2.75, 3.05) is 7.11 Å². The molecule has 0 atom stereocenters. The number of carbonyl (C=O) groups excluding carboxylic acids is 1. The third kappa shape index (κ3) is 3.82. The number of hydrogen-bond donors (Lipinski definition) is 0. The minimum absolute atomic E-state index is 0.0892. The fourth-order valence-electron chi connectivity index (χ4n) is 1.77. The van der Waals surface area contributed by atoms with Gasteiger partial charge in [-0.3, -0.25) is 10.1 Å². The van der Waals surface area contributed by atoms with Crippen LogP contribution in [0, 0.1) is 10.1 Å². The Labute approximate surface area is 134 Å². The van der Waals surface area contributed by atoms with Gasteiger partial charge in [0, 0.05) is 10.5 Å². The lowest BCUT2D eigenvalue weighted by molar-refractivity contribution is -0.385. The van der Waals surface area contributed by atoms with Crippen LogP contribution < -0.4 is 4.74 Å². The summed E-state index contributed by atoms with van der Waals surface area (Å²) in [6.07, 6.45) is 0. The van der Waals surface area contributed by atoms with Crippen LogP contribution in [-0.4, -0.2) is 18.0 Å². The van der Waals surface area contributed by atoms with Crippen molar-refractivity contribution in [1.82, 2.24) is 0 Å². The molecule has 2 rings (SSSR count). The van der Waals surface area contributed by atoms with Gasteiger partial charge >= 0.3 is 11.7 Å². The lowest BCUT2D eigenvalue weighted by Crippen LogP contribution is -2.06. The topological polar surface area (TPSA) is 78.7 Å². The maximum Gasteiger partial charge on any atom is 0.338 e. The monoisotopic (exact) mass is 365 g/mol. The molecule has 6 nitrogen and oxygen atoms in total. The van der Waals surface area contributed by atoms with E-state index in [1.807, 2.05) is 24.3 Å². The molecule has 0 aliphatic carbocycles. The molecule has 0 N–H and O–H groups in total. The van der Waals surface area contributed by atoms with Crippen molar-refractivity contribution in [1.29, 1.82) is 0 Å². The van der Waals surface area contributed by atoms with Gasteiger partial charge in [-0.1, -0.05) is 28.1 Å². The average Bonchev–Trinajstić information content (AvgIpc) is 2.53. The Morgan fingerprint density at radius 1 is 1.23 bits per heavy atom. The van der Waals surface area contributed by atoms with E-state index in [4.69, 9.17) is 9.47 Å². The Bertz CT molecular complexity index is 700. The molecule has 0 saturated carbocycles. The molecule has 0 unspecified atom stereocenters. The minimum atomic E-state index is -0.631. The van der Waals surface area contributed by atoms with Gasteiger partial charge in [0.2, 0.25) is 0 Å². The molecule has 114 valence electrons. The molecule has 0 spiro atoms. The number of nitro groups is 1. The molecule has 0 amide bonds. The first-order chi connectivity index (χ1) is 10.5. The van der Waals surface area contributed by atoms with Crippen LogP contribution in [0.4, 0.5) is 5.69 Å². The Kier molecular flexibility index (Phi) is 5.11. The predicted molar refractivity (Wildman–Crippen MR) is 82.9 cm³/mol. The highest BCUT2D eigenvalue weighted by atomic mass is 79.9. The summed E-state index contributed by atoms with van der Waals surface area (Å²) in [5.41, 5.74) is 0.643. The molecule has 7 heteroatoms. The molecule has 0 bridgehead atoms. The maximum atomic E-state index is 12.0. The number of carbonyl (C=O) groups is 1. The fraction of sp³-hybridized carbons (Fsp3) is 0.133. The highest BCUT2D eigenvalue weighted by Crippen LogP contribution is 2.27. The molecule has 0 heterocycles. The summed E-state index contributed by atoms with van der Waals surface area (Å²) in [6.45, 7) is 0.0892. The molecule has 0 aromatic heterocycles. The van der Waals surface area contributed by atoms with Crippen molar-refractivity contribution >= 4 is 27.6 Å². The Balaban J connectivity index is 2.10. The third-order valence-electron chi connectivity index (χ3n) is 2.89. The SMILES string of the molecule is COc1ccc(C(=O)OCc2ccc(Br)cc2)cc1[N+](=O)[O-]. The van der Waals surface area contributed by atoms with E-state index in [0.29, 0.717) is 0 Å². The van der Waals surface area contributed by atoms with Gasteiger partial charge in [0.05, 0.1) is 17.6 Å². The number of nitro benzene ring substituents is 1. The summed E-state index contributed by atoms with van der Waals surface area (Å²) < 4.78 is 11.0. The van der Waals surface area contributed by atoms with Crippen LogP contribution in [0.3, 0.4) is 0 Å². The van der Waals surface area contributed by atoms with E-state index >= 15 is 0 Å². The van der Waals surface area contributed by atoms with Gasteiger partial charge in [-0.2, -0.15) is 0 Å². The normalized spacial score (nSPS) is 10.1. The second-order valence-corrected chi connectivity index (χ2v) is 5.26. The summed E-state index contributed by atoms with van der Waals surface area (Å²) in [6, 6.07) is 11.2. The van der Waals surface area contributed by atoms with Crippen LogP contribution in [0.2, 0.25) is 0 Å². The van der Waals surface area contributed by atoms with Crippen molar-refractivity contribution in [3.63, 3.8) is 0 Å². The van der Waals surface area contributed by atoms with Gasteiger partial charge in [0.25, 0.3) is 0 Å². The lowest BCUT2D eigenvalue weighted by Gasteiger charge is -2.06. The molecule has 0 aliphatic rings. The van der Waals surface area contributed by atoms with Crippen LogP contribution >= 0.6 is 15.9 Å². The number of hydrogen-bond acceptors (Lipinski definition) is 5. The summed E-state index contributed by atoms with van der Waals surface area (Å²) in [4.78, 5) is 22.3. The second-order valence-electron chi connectivity index (χ2n) is 4.35. The average molecular weight is 366 g/mol. The van der Waals surface area contributed by atoms with Crippen LogP contribution in [0.15, 0.2) is 46.9 Å². The molecule has 0 radical (unpaired) electrons. The van der Waals surface area contributed by atoms with Gasteiger partial charge in [0.15, 0.2) is 5.75 Å². The minimum Gasteiger partial charge on any atom is -0.490 e. The van der Waals surface area contributed by atoms with E-state index in [1.165, 1.54) is 19.2 Å². The number of methoxy groups -OCH3 is 1. The number of rotatable bonds is 5. The van der Waals surface area contributed by atoms with Crippen LogP contribution in [0.25, 0.3) is 0 Å². The maximum absolute atomic E-state index is 12.0. The zero-order chi connectivity index (χ0) is 16.1. The number of benzene rings is 2. The summed E-state index contributed by atoms with van der Waals surface area (Å²) in [5.74, 6) is -0.539. The fourth-order valence-corrected chi connectivity index (χ4v) is 2.04. The van der Waals surface area contributed by atoms with Gasteiger partial charge < -0.3 is 9.47 Å². The molecule has 0 aliphatic heterocycles. The number of nitrogens with zero attached hydrogens (tertiary/aromatic N) is 1. The zero-order valence-electron chi connectivity index (χ0n) is 11.6. The molecule has 22 heavy (non-hydrogen) atoms. The molecule has 0 fully saturated rings. The van der Waals surface area contributed by atoms with Crippen LogP contribution in [0.1, 0.15) is 15.9 Å². The van der Waals surface area contributed by atoms with E-state index in [2.05, 4.69) is 15.9 Å². The molecule has 0 saturated heterocycles. The quantitative estimate of drug-likeness (QED) is 0.458. The third-order valence-corrected chi connectivity index (χ3v) is 3.42. The van der Waals surface area contributed by atoms with Crippen LogP contribution in [0.5, 0.6) is 5.75 Å². The van der Waals surface area contributed by atoms with E-state index in [1.54, 1.807) is 0 Å². The standard InChI is InChI=1S/C15H12BrNO5/c1-21-14-7-4-11(8-13(14)17(19)20)15(18)22-9-10-2-5-12(16)6-3-10/h2-8H,9H2,1H3. The van der Waals surface area contributed by atoms with Crippen molar-refractivity contribution in [3.05, 3.63) is 68.2 Å². The number of halogens is 1. The van der Waals surface area contributed by atoms with Crippen molar-refractivity contribution in [3.8, 4) is 5.75 Å². The molecular formula is C15H12BrNO5. The van der Waals surface area contributed by atoms with Crippen molar-refractivity contribution < 1.29 is 19.2 Å². The summed E-state index contributed by atoms with van der Waals surface area (Å²) in [5, 5.41) is 10.9. The van der Waals surface area contributed by atoms with E-state index < -0.39 is 10.9 Å². The first-order valence-electron chi connectivity index (χ1n) is 6.25. The largest absolute Gasteiger partial charge is 0.490 e. The van der Waals surface area contributed by atoms with E-state index in [0.717, 1.165) is 16.1 Å². The summed E-state index contributed by atoms with van der Waals surface area (Å²) >= 11 is 3.31. The number of esters is 1.